The predicted octanol–water partition coefficient (Wildman–Crippen LogP) is 5.38. The number of aryl methyl sites for hydroxylation is 1. The highest BCUT2D eigenvalue weighted by Gasteiger charge is 2.06. The summed E-state index contributed by atoms with van der Waals surface area (Å²) < 4.78 is 2.09. The molecule has 0 aliphatic heterocycles. The van der Waals surface area contributed by atoms with Gasteiger partial charge in [0.15, 0.2) is 0 Å². The first-order valence-electron chi connectivity index (χ1n) is 7.34. The van der Waals surface area contributed by atoms with Crippen LogP contribution in [0, 0.1) is 6.92 Å². The van der Waals surface area contributed by atoms with Crippen molar-refractivity contribution in [3.63, 3.8) is 0 Å². The van der Waals surface area contributed by atoms with Gasteiger partial charge in [0, 0.05) is 22.9 Å². The van der Waals surface area contributed by atoms with Gasteiger partial charge < -0.3 is 9.88 Å². The zero-order chi connectivity index (χ0) is 16.2. The molecule has 0 atom stereocenters. The molecule has 1 N–H and O–H groups in total. The van der Waals surface area contributed by atoms with Crippen LogP contribution in [0.2, 0.25) is 5.02 Å². The Hall–Kier alpha value is -1.97. The molecule has 0 saturated carbocycles. The van der Waals surface area contributed by atoms with Gasteiger partial charge in [0.05, 0.1) is 23.6 Å². The number of benzene rings is 2. The van der Waals surface area contributed by atoms with Crippen molar-refractivity contribution in [2.24, 2.45) is 0 Å². The maximum atomic E-state index is 5.99. The summed E-state index contributed by atoms with van der Waals surface area (Å²) in [6, 6.07) is 16.0. The van der Waals surface area contributed by atoms with Crippen molar-refractivity contribution in [3.8, 4) is 0 Å². The average molecular weight is 346 g/mol. The normalized spacial score (nSPS) is 10.7. The lowest BCUT2D eigenvalue weighted by Crippen LogP contribution is -2.02. The summed E-state index contributed by atoms with van der Waals surface area (Å²) in [6.45, 7) is 2.75. The van der Waals surface area contributed by atoms with Crippen LogP contribution in [0.3, 0.4) is 0 Å². The molecule has 0 aliphatic rings. The second-order valence-electron chi connectivity index (χ2n) is 5.37. The minimum Gasteiger partial charge on any atom is -0.356 e. The van der Waals surface area contributed by atoms with Crippen molar-refractivity contribution >= 4 is 34.6 Å². The Labute approximate surface area is 145 Å². The van der Waals surface area contributed by atoms with Gasteiger partial charge in [-0.15, -0.1) is 11.6 Å². The third-order valence-corrected chi connectivity index (χ3v) is 4.23. The lowest BCUT2D eigenvalue weighted by atomic mass is 10.2. The lowest BCUT2D eigenvalue weighted by molar-refractivity contribution is 0.763. The zero-order valence-electron chi connectivity index (χ0n) is 12.8. The van der Waals surface area contributed by atoms with Crippen LogP contribution < -0.4 is 5.32 Å². The van der Waals surface area contributed by atoms with Gasteiger partial charge in [0.25, 0.3) is 0 Å². The van der Waals surface area contributed by atoms with Crippen molar-refractivity contribution in [2.75, 3.05) is 5.32 Å². The van der Waals surface area contributed by atoms with Crippen LogP contribution in [-0.2, 0) is 12.4 Å². The highest BCUT2D eigenvalue weighted by molar-refractivity contribution is 6.30. The van der Waals surface area contributed by atoms with E-state index >= 15 is 0 Å². The Balaban J connectivity index is 1.70. The molecular formula is C18H17Cl2N3. The Kier molecular flexibility index (Phi) is 4.89. The molecule has 2 aromatic carbocycles. The molecule has 3 nitrogen and oxygen atoms in total. The molecule has 0 radical (unpaired) electrons. The van der Waals surface area contributed by atoms with E-state index in [2.05, 4.69) is 39.1 Å². The maximum Gasteiger partial charge on any atom is 0.0955 e. The first-order valence-corrected chi connectivity index (χ1v) is 8.25. The van der Waals surface area contributed by atoms with Crippen molar-refractivity contribution in [1.82, 2.24) is 9.55 Å². The van der Waals surface area contributed by atoms with Gasteiger partial charge in [0.2, 0.25) is 0 Å². The van der Waals surface area contributed by atoms with E-state index in [0.717, 1.165) is 34.3 Å². The number of rotatable bonds is 5. The Morgan fingerprint density at radius 2 is 1.61 bits per heavy atom. The summed E-state index contributed by atoms with van der Waals surface area (Å²) in [6.07, 6.45) is 1.84. The van der Waals surface area contributed by atoms with E-state index in [1.807, 2.05) is 37.5 Å². The van der Waals surface area contributed by atoms with Crippen LogP contribution in [0.25, 0.3) is 0 Å². The molecule has 0 spiro atoms. The van der Waals surface area contributed by atoms with Crippen molar-refractivity contribution in [1.29, 1.82) is 0 Å². The van der Waals surface area contributed by atoms with Crippen LogP contribution in [0.4, 0.5) is 11.4 Å². The number of halogens is 2. The molecule has 5 heteroatoms. The smallest absolute Gasteiger partial charge is 0.0955 e. The Morgan fingerprint density at radius 1 is 1.00 bits per heavy atom. The number of anilines is 2. The van der Waals surface area contributed by atoms with Gasteiger partial charge in [0.1, 0.15) is 0 Å². The first-order chi connectivity index (χ1) is 11.2. The second kappa shape index (κ2) is 7.07. The number of aromatic nitrogens is 2. The second-order valence-corrected chi connectivity index (χ2v) is 6.07. The van der Waals surface area contributed by atoms with E-state index in [1.165, 1.54) is 5.56 Å². The number of nitrogens with one attached hydrogen (secondary N) is 1. The molecule has 0 saturated heterocycles. The number of hydrogen-bond acceptors (Lipinski definition) is 2. The van der Waals surface area contributed by atoms with Gasteiger partial charge in [-0.25, -0.2) is 4.98 Å². The third kappa shape index (κ3) is 3.87. The van der Waals surface area contributed by atoms with E-state index < -0.39 is 0 Å². The summed E-state index contributed by atoms with van der Waals surface area (Å²) in [5.74, 6) is 0.474. The zero-order valence-corrected chi connectivity index (χ0v) is 14.3. The van der Waals surface area contributed by atoms with E-state index in [-0.39, 0.29) is 0 Å². The average Bonchev–Trinajstić information content (AvgIpc) is 2.91. The van der Waals surface area contributed by atoms with Crippen molar-refractivity contribution in [2.45, 2.75) is 19.3 Å². The van der Waals surface area contributed by atoms with Crippen molar-refractivity contribution < 1.29 is 0 Å². The highest BCUT2D eigenvalue weighted by atomic mass is 35.5. The fourth-order valence-corrected chi connectivity index (χ4v) is 2.88. The number of imidazole rings is 1. The molecule has 1 aromatic heterocycles. The summed E-state index contributed by atoms with van der Waals surface area (Å²) in [4.78, 5) is 4.32. The highest BCUT2D eigenvalue weighted by Crippen LogP contribution is 2.20. The molecule has 3 rings (SSSR count). The predicted molar refractivity (Wildman–Crippen MR) is 96.8 cm³/mol. The monoisotopic (exact) mass is 345 g/mol. The fourth-order valence-electron chi connectivity index (χ4n) is 2.41. The molecule has 0 fully saturated rings. The third-order valence-electron chi connectivity index (χ3n) is 3.72. The van der Waals surface area contributed by atoms with Crippen LogP contribution in [0.1, 0.15) is 17.0 Å². The van der Waals surface area contributed by atoms with Crippen LogP contribution >= 0.6 is 23.2 Å². The summed E-state index contributed by atoms with van der Waals surface area (Å²) in [7, 11) is 0. The molecule has 3 aromatic rings. The molecule has 0 amide bonds. The van der Waals surface area contributed by atoms with E-state index in [4.69, 9.17) is 23.2 Å². The van der Waals surface area contributed by atoms with Crippen LogP contribution in [0.5, 0.6) is 0 Å². The minimum absolute atomic E-state index is 0.474. The van der Waals surface area contributed by atoms with E-state index in [0.29, 0.717) is 5.88 Å². The first kappa shape index (κ1) is 15.9. The van der Waals surface area contributed by atoms with Gasteiger partial charge in [-0.1, -0.05) is 23.7 Å². The van der Waals surface area contributed by atoms with Crippen LogP contribution in [0.15, 0.2) is 54.9 Å². The molecule has 23 heavy (non-hydrogen) atoms. The fraction of sp³-hybridized carbons (Fsp3) is 0.167. The summed E-state index contributed by atoms with van der Waals surface area (Å²) >= 11 is 11.9. The lowest BCUT2D eigenvalue weighted by Gasteiger charge is -2.10. The maximum absolute atomic E-state index is 5.99. The van der Waals surface area contributed by atoms with E-state index in [9.17, 15) is 0 Å². The van der Waals surface area contributed by atoms with Gasteiger partial charge >= 0.3 is 0 Å². The summed E-state index contributed by atoms with van der Waals surface area (Å²) in [5.41, 5.74) is 5.30. The number of hydrogen-bond donors (Lipinski definition) is 1. The molecular weight excluding hydrogens is 329 g/mol. The standard InChI is InChI=1S/C18H17Cl2N3/c1-13-18(10-19)23(12-21-13)11-14-2-6-16(7-3-14)22-17-8-4-15(20)5-9-17/h2-9,12,22H,10-11H2,1H3. The quantitative estimate of drug-likeness (QED) is 0.629. The molecule has 0 unspecified atom stereocenters. The number of alkyl halides is 1. The minimum atomic E-state index is 0.474. The molecule has 0 bridgehead atoms. The van der Waals surface area contributed by atoms with Gasteiger partial charge in [-0.3, -0.25) is 0 Å². The van der Waals surface area contributed by atoms with Crippen LogP contribution in [-0.4, -0.2) is 9.55 Å². The molecule has 1 heterocycles. The molecule has 118 valence electrons. The SMILES string of the molecule is Cc1ncn(Cc2ccc(Nc3ccc(Cl)cc3)cc2)c1CCl. The van der Waals surface area contributed by atoms with Gasteiger partial charge in [-0.2, -0.15) is 0 Å². The van der Waals surface area contributed by atoms with Crippen molar-refractivity contribution in [3.05, 3.63) is 76.8 Å². The topological polar surface area (TPSA) is 29.9 Å². The van der Waals surface area contributed by atoms with Gasteiger partial charge in [-0.05, 0) is 48.9 Å². The largest absolute Gasteiger partial charge is 0.356 e. The number of nitrogens with zero attached hydrogens (tertiary/aromatic N) is 2. The van der Waals surface area contributed by atoms with E-state index in [1.54, 1.807) is 0 Å². The Morgan fingerprint density at radius 3 is 2.22 bits per heavy atom. The molecule has 0 aliphatic carbocycles. The summed E-state index contributed by atoms with van der Waals surface area (Å²) in [5, 5.41) is 4.08. The Bertz CT molecular complexity index is 777.